The van der Waals surface area contributed by atoms with Crippen LogP contribution in [0.3, 0.4) is 0 Å². The number of halogens is 2. The summed E-state index contributed by atoms with van der Waals surface area (Å²) in [6.07, 6.45) is 8.75. The van der Waals surface area contributed by atoms with Gasteiger partial charge >= 0.3 is 35.6 Å². The van der Waals surface area contributed by atoms with E-state index in [4.69, 9.17) is 18.6 Å². The Morgan fingerprint density at radius 1 is 1.38 bits per heavy atom. The van der Waals surface area contributed by atoms with Crippen molar-refractivity contribution in [3.63, 3.8) is 0 Å². The summed E-state index contributed by atoms with van der Waals surface area (Å²) in [6, 6.07) is 3.90. The second-order valence-corrected chi connectivity index (χ2v) is 5.81. The SMILES string of the molecule is CCCCCCN=Cc1ccc[n-]1.[Cl][Ti][Cl]. The predicted molar refractivity (Wildman–Crippen MR) is 68.1 cm³/mol. The minimum absolute atomic E-state index is 0.556. The number of nitrogens with zero attached hydrogens (tertiary/aromatic N) is 2. The first kappa shape index (κ1) is 16.2. The Bertz CT molecular complexity index is 250. The molecule has 0 aromatic carbocycles. The molecule has 1 rings (SSSR count). The summed E-state index contributed by atoms with van der Waals surface area (Å²) in [6.45, 7) is 3.16. The van der Waals surface area contributed by atoms with E-state index in [2.05, 4.69) is 16.9 Å². The normalized spacial score (nSPS) is 9.94. The molecule has 0 N–H and O–H groups in total. The van der Waals surface area contributed by atoms with E-state index in [9.17, 15) is 0 Å². The van der Waals surface area contributed by atoms with Crippen molar-refractivity contribution in [2.45, 2.75) is 32.6 Å². The van der Waals surface area contributed by atoms with E-state index < -0.39 is 17.0 Å². The predicted octanol–water partition coefficient (Wildman–Crippen LogP) is 4.02. The number of unbranched alkanes of at least 4 members (excludes halogenated alkanes) is 3. The quantitative estimate of drug-likeness (QED) is 0.442. The Morgan fingerprint density at radius 3 is 2.69 bits per heavy atom. The van der Waals surface area contributed by atoms with Crippen LogP contribution in [-0.2, 0) is 17.0 Å². The Kier molecular flexibility index (Phi) is 13.5. The molecule has 0 aliphatic carbocycles. The molecule has 0 amide bonds. The van der Waals surface area contributed by atoms with Gasteiger partial charge < -0.3 is 4.98 Å². The van der Waals surface area contributed by atoms with Gasteiger partial charge in [0.1, 0.15) is 0 Å². The molecule has 2 nitrogen and oxygen atoms in total. The van der Waals surface area contributed by atoms with Crippen LogP contribution in [0.5, 0.6) is 0 Å². The van der Waals surface area contributed by atoms with Crippen LogP contribution in [-0.4, -0.2) is 12.8 Å². The minimum atomic E-state index is -0.556. The number of aliphatic imine (C=N–C) groups is 1. The zero-order chi connectivity index (χ0) is 12.1. The van der Waals surface area contributed by atoms with Crippen LogP contribution in [0.1, 0.15) is 38.3 Å². The molecule has 0 fully saturated rings. The van der Waals surface area contributed by atoms with E-state index in [1.54, 1.807) is 6.20 Å². The van der Waals surface area contributed by atoms with Gasteiger partial charge in [-0.15, -0.1) is 5.69 Å². The zero-order valence-electron chi connectivity index (χ0n) is 9.50. The maximum absolute atomic E-state index is 4.89. The van der Waals surface area contributed by atoms with Crippen molar-refractivity contribution in [2.75, 3.05) is 6.54 Å². The second-order valence-electron chi connectivity index (χ2n) is 3.23. The second kappa shape index (κ2) is 13.3. The summed E-state index contributed by atoms with van der Waals surface area (Å²) in [5.74, 6) is 0. The Morgan fingerprint density at radius 2 is 2.12 bits per heavy atom. The molecule has 90 valence electrons. The van der Waals surface area contributed by atoms with Crippen molar-refractivity contribution in [3.05, 3.63) is 24.0 Å². The van der Waals surface area contributed by atoms with Gasteiger partial charge in [-0.05, 0) is 6.42 Å². The molecule has 0 aliphatic heterocycles. The van der Waals surface area contributed by atoms with E-state index in [1.165, 1.54) is 25.7 Å². The molecule has 0 radical (unpaired) electrons. The van der Waals surface area contributed by atoms with E-state index in [1.807, 2.05) is 18.3 Å². The van der Waals surface area contributed by atoms with E-state index in [0.717, 1.165) is 12.2 Å². The van der Waals surface area contributed by atoms with E-state index in [-0.39, 0.29) is 0 Å². The van der Waals surface area contributed by atoms with Gasteiger partial charge in [-0.1, -0.05) is 38.3 Å². The monoisotopic (exact) mass is 295 g/mol. The number of aromatic nitrogens is 1. The fourth-order valence-corrected chi connectivity index (χ4v) is 1.18. The van der Waals surface area contributed by atoms with Gasteiger partial charge in [0.15, 0.2) is 0 Å². The molecular formula is C11H17Cl2N2Ti-. The standard InChI is InChI=1S/C11H17N2.2ClH.Ti/c1-2-3-4-5-8-12-10-11-7-6-9-13-11;;;/h6-7,9-10H,2-5,8H2,1H3;2*1H;/q-1;;;+2/p-2. The zero-order valence-corrected chi connectivity index (χ0v) is 12.6. The van der Waals surface area contributed by atoms with Crippen molar-refractivity contribution < 1.29 is 17.0 Å². The van der Waals surface area contributed by atoms with Crippen LogP contribution in [0.15, 0.2) is 23.3 Å². The van der Waals surface area contributed by atoms with Gasteiger partial charge in [-0.25, -0.2) is 0 Å². The number of hydrogen-bond donors (Lipinski definition) is 0. The van der Waals surface area contributed by atoms with Gasteiger partial charge in [-0.3, -0.25) is 4.99 Å². The van der Waals surface area contributed by atoms with Crippen LogP contribution in [0, 0.1) is 0 Å². The van der Waals surface area contributed by atoms with Crippen molar-refractivity contribution in [3.8, 4) is 0 Å². The third kappa shape index (κ3) is 10.8. The third-order valence-electron chi connectivity index (χ3n) is 1.94. The average molecular weight is 296 g/mol. The van der Waals surface area contributed by atoms with Crippen LogP contribution in [0.25, 0.3) is 0 Å². The first-order valence-corrected chi connectivity index (χ1v) is 9.68. The molecule has 16 heavy (non-hydrogen) atoms. The summed E-state index contributed by atoms with van der Waals surface area (Å²) in [7, 11) is 9.78. The molecule has 1 aromatic heterocycles. The molecule has 0 unspecified atom stereocenters. The van der Waals surface area contributed by atoms with Crippen LogP contribution in [0.4, 0.5) is 0 Å². The van der Waals surface area contributed by atoms with Gasteiger partial charge in [0.05, 0.1) is 0 Å². The average Bonchev–Trinajstić information content (AvgIpc) is 2.77. The van der Waals surface area contributed by atoms with E-state index >= 15 is 0 Å². The van der Waals surface area contributed by atoms with Gasteiger partial charge in [0.25, 0.3) is 0 Å². The first-order valence-electron chi connectivity index (χ1n) is 5.39. The fraction of sp³-hybridized carbons (Fsp3) is 0.545. The summed E-state index contributed by atoms with van der Waals surface area (Å²) >= 11 is -0.556. The Labute approximate surface area is 115 Å². The molecule has 0 aliphatic rings. The van der Waals surface area contributed by atoms with E-state index in [0.29, 0.717) is 0 Å². The molecule has 1 aromatic rings. The molecule has 5 heteroatoms. The molecular weight excluding hydrogens is 279 g/mol. The van der Waals surface area contributed by atoms with Crippen LogP contribution in [0.2, 0.25) is 0 Å². The summed E-state index contributed by atoms with van der Waals surface area (Å²) in [4.78, 5) is 8.40. The number of rotatable bonds is 6. The van der Waals surface area contributed by atoms with Crippen molar-refractivity contribution in [2.24, 2.45) is 4.99 Å². The van der Waals surface area contributed by atoms with Crippen LogP contribution < -0.4 is 4.98 Å². The molecule has 1 heterocycles. The van der Waals surface area contributed by atoms with Gasteiger partial charge in [0, 0.05) is 12.8 Å². The van der Waals surface area contributed by atoms with Crippen molar-refractivity contribution in [1.29, 1.82) is 0 Å². The third-order valence-corrected chi connectivity index (χ3v) is 1.94. The molecule has 0 bridgehead atoms. The molecule has 0 saturated carbocycles. The molecule has 0 saturated heterocycles. The summed E-state index contributed by atoms with van der Waals surface area (Å²) in [5, 5.41) is 0. The Balaban J connectivity index is 0.000000673. The van der Waals surface area contributed by atoms with Crippen LogP contribution >= 0.6 is 18.6 Å². The molecule has 0 atom stereocenters. The van der Waals surface area contributed by atoms with Crippen molar-refractivity contribution >= 4 is 24.8 Å². The molecule has 0 spiro atoms. The fourth-order valence-electron chi connectivity index (χ4n) is 1.18. The van der Waals surface area contributed by atoms with Crippen molar-refractivity contribution in [1.82, 2.24) is 4.98 Å². The summed E-state index contributed by atoms with van der Waals surface area (Å²) in [5.41, 5.74) is 0.968. The maximum atomic E-state index is 4.89. The first-order chi connectivity index (χ1) is 7.85. The Hall–Kier alpha value is 0.244. The van der Waals surface area contributed by atoms with Gasteiger partial charge in [0.2, 0.25) is 0 Å². The number of hydrogen-bond acceptors (Lipinski definition) is 1. The summed E-state index contributed by atoms with van der Waals surface area (Å²) < 4.78 is 0. The van der Waals surface area contributed by atoms with Gasteiger partial charge in [-0.2, -0.15) is 6.20 Å². The topological polar surface area (TPSA) is 26.5 Å².